The van der Waals surface area contributed by atoms with Crippen molar-refractivity contribution in [3.63, 3.8) is 0 Å². The first-order chi connectivity index (χ1) is 9.10. The van der Waals surface area contributed by atoms with Gasteiger partial charge in [-0.25, -0.2) is 0 Å². The quantitative estimate of drug-likeness (QED) is 0.849. The fourth-order valence-corrected chi connectivity index (χ4v) is 1.94. The lowest BCUT2D eigenvalue weighted by Gasteiger charge is -2.17. The molecule has 0 saturated heterocycles. The van der Waals surface area contributed by atoms with Gasteiger partial charge in [0.05, 0.1) is 7.11 Å². The molecule has 2 N–H and O–H groups in total. The lowest BCUT2D eigenvalue weighted by molar-refractivity contribution is 0.216. The second-order valence-electron chi connectivity index (χ2n) is 4.58. The summed E-state index contributed by atoms with van der Waals surface area (Å²) < 4.78 is 11.3. The molecule has 2 aromatic carbocycles. The Bertz CT molecular complexity index is 566. The third-order valence-corrected chi connectivity index (χ3v) is 3.00. The predicted octanol–water partition coefficient (Wildman–Crippen LogP) is 3.73. The minimum atomic E-state index is -0.0832. The minimum absolute atomic E-state index is 0.0832. The van der Waals surface area contributed by atoms with Crippen molar-refractivity contribution < 1.29 is 9.47 Å². The molecule has 0 saturated carbocycles. The summed E-state index contributed by atoms with van der Waals surface area (Å²) in [7, 11) is 1.65. The number of anilines is 1. The van der Waals surface area contributed by atoms with Crippen LogP contribution in [0.1, 0.15) is 24.2 Å². The zero-order chi connectivity index (χ0) is 13.8. The van der Waals surface area contributed by atoms with Crippen LogP contribution in [0.4, 0.5) is 5.69 Å². The van der Waals surface area contributed by atoms with E-state index in [0.29, 0.717) is 0 Å². The van der Waals surface area contributed by atoms with Crippen LogP contribution < -0.4 is 15.2 Å². The first kappa shape index (κ1) is 13.3. The molecule has 0 fully saturated rings. The Kier molecular flexibility index (Phi) is 3.95. The molecule has 1 atom stereocenters. The maximum atomic E-state index is 5.95. The van der Waals surface area contributed by atoms with Gasteiger partial charge in [0.25, 0.3) is 0 Å². The molecule has 0 aliphatic carbocycles. The van der Waals surface area contributed by atoms with Crippen LogP contribution in [0.2, 0.25) is 0 Å². The standard InChI is InChI=1S/C16H19NO2/c1-11-7-8-15(16(9-11)18-3)19-12(2)13-5-4-6-14(17)10-13/h4-10,12H,17H2,1-3H3. The molecule has 3 nitrogen and oxygen atoms in total. The molecule has 19 heavy (non-hydrogen) atoms. The zero-order valence-electron chi connectivity index (χ0n) is 11.5. The van der Waals surface area contributed by atoms with Crippen molar-refractivity contribution in [1.82, 2.24) is 0 Å². The smallest absolute Gasteiger partial charge is 0.162 e. The van der Waals surface area contributed by atoms with E-state index >= 15 is 0 Å². The van der Waals surface area contributed by atoms with E-state index in [4.69, 9.17) is 15.2 Å². The molecule has 0 aliphatic heterocycles. The van der Waals surface area contributed by atoms with Gasteiger partial charge in [-0.05, 0) is 49.2 Å². The first-order valence-electron chi connectivity index (χ1n) is 6.27. The van der Waals surface area contributed by atoms with Crippen LogP contribution in [0.5, 0.6) is 11.5 Å². The van der Waals surface area contributed by atoms with Gasteiger partial charge in [0.2, 0.25) is 0 Å². The van der Waals surface area contributed by atoms with Crippen molar-refractivity contribution in [3.8, 4) is 11.5 Å². The lowest BCUT2D eigenvalue weighted by atomic mass is 10.1. The summed E-state index contributed by atoms with van der Waals surface area (Å²) in [5.74, 6) is 1.48. The van der Waals surface area contributed by atoms with Crippen LogP contribution in [0.3, 0.4) is 0 Å². The summed E-state index contributed by atoms with van der Waals surface area (Å²) in [6, 6.07) is 13.6. The predicted molar refractivity (Wildman–Crippen MR) is 77.6 cm³/mol. The molecule has 0 heterocycles. The van der Waals surface area contributed by atoms with Crippen LogP contribution in [-0.4, -0.2) is 7.11 Å². The summed E-state index contributed by atoms with van der Waals surface area (Å²) in [5, 5.41) is 0. The average Bonchev–Trinajstić information content (AvgIpc) is 2.40. The molecule has 2 rings (SSSR count). The van der Waals surface area contributed by atoms with Crippen molar-refractivity contribution in [2.24, 2.45) is 0 Å². The number of hydrogen-bond acceptors (Lipinski definition) is 3. The number of nitrogen functional groups attached to an aromatic ring is 1. The third-order valence-electron chi connectivity index (χ3n) is 3.00. The molecular weight excluding hydrogens is 238 g/mol. The number of aryl methyl sites for hydroxylation is 1. The molecule has 0 radical (unpaired) electrons. The van der Waals surface area contributed by atoms with Crippen LogP contribution >= 0.6 is 0 Å². The second kappa shape index (κ2) is 5.65. The third kappa shape index (κ3) is 3.19. The van der Waals surface area contributed by atoms with Crippen molar-refractivity contribution in [2.75, 3.05) is 12.8 Å². The van der Waals surface area contributed by atoms with Gasteiger partial charge in [-0.1, -0.05) is 18.2 Å². The number of hydrogen-bond donors (Lipinski definition) is 1. The normalized spacial score (nSPS) is 11.9. The Morgan fingerprint density at radius 3 is 2.53 bits per heavy atom. The molecule has 1 unspecified atom stereocenters. The van der Waals surface area contributed by atoms with E-state index in [-0.39, 0.29) is 6.10 Å². The topological polar surface area (TPSA) is 44.5 Å². The summed E-state index contributed by atoms with van der Waals surface area (Å²) in [4.78, 5) is 0. The maximum Gasteiger partial charge on any atom is 0.162 e. The molecule has 0 bridgehead atoms. The van der Waals surface area contributed by atoms with E-state index in [0.717, 1.165) is 28.3 Å². The van der Waals surface area contributed by atoms with Gasteiger partial charge < -0.3 is 15.2 Å². The Morgan fingerprint density at radius 1 is 1.05 bits per heavy atom. The molecule has 0 amide bonds. The van der Waals surface area contributed by atoms with E-state index < -0.39 is 0 Å². The van der Waals surface area contributed by atoms with Crippen molar-refractivity contribution in [1.29, 1.82) is 0 Å². The molecule has 0 aliphatic rings. The van der Waals surface area contributed by atoms with Crippen molar-refractivity contribution >= 4 is 5.69 Å². The van der Waals surface area contributed by atoms with E-state index in [9.17, 15) is 0 Å². The summed E-state index contributed by atoms with van der Waals surface area (Å²) in [6.45, 7) is 4.02. The molecule has 2 aromatic rings. The van der Waals surface area contributed by atoms with Crippen LogP contribution in [0.15, 0.2) is 42.5 Å². The second-order valence-corrected chi connectivity index (χ2v) is 4.58. The highest BCUT2D eigenvalue weighted by Crippen LogP contribution is 2.32. The molecule has 0 spiro atoms. The van der Waals surface area contributed by atoms with Gasteiger partial charge in [0.15, 0.2) is 11.5 Å². The minimum Gasteiger partial charge on any atom is -0.493 e. The summed E-state index contributed by atoms with van der Waals surface area (Å²) in [5.41, 5.74) is 8.71. The Labute approximate surface area is 114 Å². The largest absolute Gasteiger partial charge is 0.493 e. The monoisotopic (exact) mass is 257 g/mol. The van der Waals surface area contributed by atoms with Gasteiger partial charge in [-0.15, -0.1) is 0 Å². The highest BCUT2D eigenvalue weighted by atomic mass is 16.5. The number of ether oxygens (including phenoxy) is 2. The van der Waals surface area contributed by atoms with E-state index in [1.54, 1.807) is 7.11 Å². The van der Waals surface area contributed by atoms with Crippen molar-refractivity contribution in [2.45, 2.75) is 20.0 Å². The fraction of sp³-hybridized carbons (Fsp3) is 0.250. The summed E-state index contributed by atoms with van der Waals surface area (Å²) in [6.07, 6.45) is -0.0832. The Balaban J connectivity index is 2.21. The summed E-state index contributed by atoms with van der Waals surface area (Å²) >= 11 is 0. The van der Waals surface area contributed by atoms with Gasteiger partial charge in [-0.3, -0.25) is 0 Å². The van der Waals surface area contributed by atoms with Gasteiger partial charge in [0, 0.05) is 5.69 Å². The number of methoxy groups -OCH3 is 1. The SMILES string of the molecule is COc1cc(C)ccc1OC(C)c1cccc(N)c1. The first-order valence-corrected chi connectivity index (χ1v) is 6.27. The molecule has 3 heteroatoms. The number of rotatable bonds is 4. The Morgan fingerprint density at radius 2 is 1.84 bits per heavy atom. The van der Waals surface area contributed by atoms with Crippen LogP contribution in [0.25, 0.3) is 0 Å². The number of benzene rings is 2. The maximum absolute atomic E-state index is 5.95. The zero-order valence-corrected chi connectivity index (χ0v) is 11.5. The molecule has 100 valence electrons. The van der Waals surface area contributed by atoms with Crippen LogP contribution in [0, 0.1) is 6.92 Å². The van der Waals surface area contributed by atoms with E-state index in [2.05, 4.69) is 0 Å². The number of nitrogens with two attached hydrogens (primary N) is 1. The van der Waals surface area contributed by atoms with Gasteiger partial charge in [-0.2, -0.15) is 0 Å². The van der Waals surface area contributed by atoms with Gasteiger partial charge in [0.1, 0.15) is 6.10 Å². The fourth-order valence-electron chi connectivity index (χ4n) is 1.94. The highest BCUT2D eigenvalue weighted by Gasteiger charge is 2.11. The van der Waals surface area contributed by atoms with Gasteiger partial charge >= 0.3 is 0 Å². The lowest BCUT2D eigenvalue weighted by Crippen LogP contribution is -2.04. The molecule has 0 aromatic heterocycles. The average molecular weight is 257 g/mol. The van der Waals surface area contributed by atoms with E-state index in [1.165, 1.54) is 0 Å². The Hall–Kier alpha value is -2.16. The highest BCUT2D eigenvalue weighted by molar-refractivity contribution is 5.44. The molecular formula is C16H19NO2. The van der Waals surface area contributed by atoms with Crippen molar-refractivity contribution in [3.05, 3.63) is 53.6 Å². The van der Waals surface area contributed by atoms with Crippen LogP contribution in [-0.2, 0) is 0 Å². The van der Waals surface area contributed by atoms with E-state index in [1.807, 2.05) is 56.3 Å².